The summed E-state index contributed by atoms with van der Waals surface area (Å²) in [6.07, 6.45) is 5.44. The molecule has 0 aliphatic rings. The fourth-order valence-electron chi connectivity index (χ4n) is 1.86. The molecule has 0 fully saturated rings. The Balaban J connectivity index is 3.20. The Morgan fingerprint density at radius 3 is 2.84 bits per heavy atom. The summed E-state index contributed by atoms with van der Waals surface area (Å²) in [5, 5.41) is 9.28. The number of carboxylic acids is 1. The van der Waals surface area contributed by atoms with Gasteiger partial charge in [-0.05, 0) is 24.6 Å². The molecule has 0 radical (unpaired) electrons. The van der Waals surface area contributed by atoms with E-state index in [1.165, 1.54) is 6.08 Å². The molecule has 1 N–H and O–H groups in total. The number of carboxylic acid groups (broad SMARTS) is 1. The van der Waals surface area contributed by atoms with Gasteiger partial charge in [-0.25, -0.2) is 4.79 Å². The van der Waals surface area contributed by atoms with E-state index in [2.05, 4.69) is 18.4 Å². The number of halogens is 1. The number of hydrogen-bond donors (Lipinski definition) is 1. The van der Waals surface area contributed by atoms with Crippen LogP contribution in [0.5, 0.6) is 0 Å². The molecular formula is C15H18ClNO2. The molecule has 0 saturated carbocycles. The minimum absolute atomic E-state index is 0.542. The maximum Gasteiger partial charge on any atom is 0.328 e. The maximum absolute atomic E-state index is 10.7. The van der Waals surface area contributed by atoms with Crippen molar-refractivity contribution in [3.8, 4) is 0 Å². The van der Waals surface area contributed by atoms with Crippen LogP contribution in [0.4, 0.5) is 5.69 Å². The van der Waals surface area contributed by atoms with Crippen LogP contribution in [0.2, 0.25) is 5.02 Å². The van der Waals surface area contributed by atoms with E-state index in [1.54, 1.807) is 6.07 Å². The van der Waals surface area contributed by atoms with Gasteiger partial charge in [-0.2, -0.15) is 0 Å². The molecule has 19 heavy (non-hydrogen) atoms. The molecule has 0 bridgehead atoms. The molecule has 1 aromatic rings. The summed E-state index contributed by atoms with van der Waals surface area (Å²) < 4.78 is 0. The van der Waals surface area contributed by atoms with Crippen LogP contribution < -0.4 is 4.90 Å². The Morgan fingerprint density at radius 2 is 2.26 bits per heavy atom. The van der Waals surface area contributed by atoms with Crippen LogP contribution in [0.25, 0.3) is 6.08 Å². The summed E-state index contributed by atoms with van der Waals surface area (Å²) in [7, 11) is 0. The first-order valence-corrected chi connectivity index (χ1v) is 6.53. The Bertz CT molecular complexity index is 483. The third kappa shape index (κ3) is 4.45. The fraction of sp³-hybridized carbons (Fsp3) is 0.267. The monoisotopic (exact) mass is 279 g/mol. The van der Waals surface area contributed by atoms with Crippen molar-refractivity contribution in [3.05, 3.63) is 47.5 Å². The number of rotatable bonds is 7. The van der Waals surface area contributed by atoms with E-state index < -0.39 is 5.97 Å². The van der Waals surface area contributed by atoms with E-state index in [1.807, 2.05) is 18.2 Å². The van der Waals surface area contributed by atoms with Crippen LogP contribution >= 0.6 is 11.6 Å². The van der Waals surface area contributed by atoms with Crippen LogP contribution in [0.15, 0.2) is 36.9 Å². The number of anilines is 1. The van der Waals surface area contributed by atoms with Gasteiger partial charge in [0.05, 0.1) is 0 Å². The SMILES string of the molecule is C=CCN(CCC)c1cccc(Cl)c1/C=C/C(=O)O. The van der Waals surface area contributed by atoms with Crippen molar-refractivity contribution in [2.45, 2.75) is 13.3 Å². The Morgan fingerprint density at radius 1 is 1.53 bits per heavy atom. The van der Waals surface area contributed by atoms with Gasteiger partial charge in [-0.1, -0.05) is 30.7 Å². The van der Waals surface area contributed by atoms with E-state index in [9.17, 15) is 4.79 Å². The van der Waals surface area contributed by atoms with Gasteiger partial charge in [0, 0.05) is 35.4 Å². The molecule has 0 heterocycles. The van der Waals surface area contributed by atoms with Crippen LogP contribution in [-0.4, -0.2) is 24.2 Å². The van der Waals surface area contributed by atoms with Crippen molar-refractivity contribution in [1.29, 1.82) is 0 Å². The van der Waals surface area contributed by atoms with E-state index in [-0.39, 0.29) is 0 Å². The van der Waals surface area contributed by atoms with Crippen molar-refractivity contribution in [3.63, 3.8) is 0 Å². The standard InChI is InChI=1S/C15H18ClNO2/c1-3-10-17(11-4-2)14-7-5-6-13(16)12(14)8-9-15(18)19/h3,5-9H,1,4,10-11H2,2H3,(H,18,19)/b9-8+. The molecule has 3 nitrogen and oxygen atoms in total. The third-order valence-electron chi connectivity index (χ3n) is 2.61. The molecule has 0 aliphatic heterocycles. The normalized spacial score (nSPS) is 10.6. The average molecular weight is 280 g/mol. The van der Waals surface area contributed by atoms with Gasteiger partial charge < -0.3 is 10.0 Å². The molecule has 0 atom stereocenters. The zero-order valence-corrected chi connectivity index (χ0v) is 11.7. The first-order valence-electron chi connectivity index (χ1n) is 6.15. The largest absolute Gasteiger partial charge is 0.478 e. The quantitative estimate of drug-likeness (QED) is 0.609. The molecule has 0 saturated heterocycles. The summed E-state index contributed by atoms with van der Waals surface area (Å²) in [5.41, 5.74) is 1.65. The van der Waals surface area contributed by atoms with Crippen molar-refractivity contribution in [1.82, 2.24) is 0 Å². The third-order valence-corrected chi connectivity index (χ3v) is 2.94. The minimum atomic E-state index is -0.989. The molecule has 102 valence electrons. The number of hydrogen-bond acceptors (Lipinski definition) is 2. The van der Waals surface area contributed by atoms with E-state index in [0.717, 1.165) is 30.3 Å². The molecule has 1 rings (SSSR count). The summed E-state index contributed by atoms with van der Waals surface area (Å²) in [5.74, 6) is -0.989. The van der Waals surface area contributed by atoms with Gasteiger partial charge in [-0.3, -0.25) is 0 Å². The topological polar surface area (TPSA) is 40.5 Å². The molecular weight excluding hydrogens is 262 g/mol. The first kappa shape index (κ1) is 15.3. The highest BCUT2D eigenvalue weighted by atomic mass is 35.5. The summed E-state index contributed by atoms with van der Waals surface area (Å²) >= 11 is 6.16. The molecule has 0 amide bonds. The fourth-order valence-corrected chi connectivity index (χ4v) is 2.09. The lowest BCUT2D eigenvalue weighted by Gasteiger charge is -2.25. The first-order chi connectivity index (χ1) is 9.10. The van der Waals surface area contributed by atoms with E-state index >= 15 is 0 Å². The van der Waals surface area contributed by atoms with E-state index in [4.69, 9.17) is 16.7 Å². The summed E-state index contributed by atoms with van der Waals surface area (Å²) in [6, 6.07) is 5.55. The highest BCUT2D eigenvalue weighted by Crippen LogP contribution is 2.29. The number of aliphatic carboxylic acids is 1. The molecule has 0 aliphatic carbocycles. The molecule has 0 spiro atoms. The molecule has 1 aromatic carbocycles. The van der Waals surface area contributed by atoms with Gasteiger partial charge in [0.2, 0.25) is 0 Å². The van der Waals surface area contributed by atoms with Gasteiger partial charge >= 0.3 is 5.97 Å². The Hall–Kier alpha value is -1.74. The van der Waals surface area contributed by atoms with Crippen molar-refractivity contribution >= 4 is 29.3 Å². The lowest BCUT2D eigenvalue weighted by molar-refractivity contribution is -0.131. The minimum Gasteiger partial charge on any atom is -0.478 e. The second kappa shape index (κ2) is 7.64. The van der Waals surface area contributed by atoms with E-state index in [0.29, 0.717) is 11.6 Å². The van der Waals surface area contributed by atoms with Crippen LogP contribution in [0.3, 0.4) is 0 Å². The highest BCUT2D eigenvalue weighted by molar-refractivity contribution is 6.32. The predicted molar refractivity (Wildman–Crippen MR) is 80.8 cm³/mol. The van der Waals surface area contributed by atoms with Crippen LogP contribution in [0.1, 0.15) is 18.9 Å². The van der Waals surface area contributed by atoms with Gasteiger partial charge in [0.1, 0.15) is 0 Å². The number of benzene rings is 1. The lowest BCUT2D eigenvalue weighted by atomic mass is 10.1. The molecule has 0 aromatic heterocycles. The van der Waals surface area contributed by atoms with Crippen molar-refractivity contribution < 1.29 is 9.90 Å². The summed E-state index contributed by atoms with van der Waals surface area (Å²) in [6.45, 7) is 7.40. The highest BCUT2D eigenvalue weighted by Gasteiger charge is 2.10. The van der Waals surface area contributed by atoms with Crippen molar-refractivity contribution in [2.75, 3.05) is 18.0 Å². The van der Waals surface area contributed by atoms with Crippen molar-refractivity contribution in [2.24, 2.45) is 0 Å². The average Bonchev–Trinajstić information content (AvgIpc) is 2.36. The van der Waals surface area contributed by atoms with Gasteiger partial charge in [0.25, 0.3) is 0 Å². The molecule has 4 heteroatoms. The second-order valence-electron chi connectivity index (χ2n) is 4.08. The predicted octanol–water partition coefficient (Wildman–Crippen LogP) is 3.84. The van der Waals surface area contributed by atoms with Crippen LogP contribution in [-0.2, 0) is 4.79 Å². The maximum atomic E-state index is 10.7. The van der Waals surface area contributed by atoms with Crippen LogP contribution in [0, 0.1) is 0 Å². The lowest BCUT2D eigenvalue weighted by Crippen LogP contribution is -2.24. The number of carbonyl (C=O) groups is 1. The summed E-state index contributed by atoms with van der Waals surface area (Å²) in [4.78, 5) is 12.8. The van der Waals surface area contributed by atoms with Gasteiger partial charge in [-0.15, -0.1) is 6.58 Å². The number of nitrogens with zero attached hydrogens (tertiary/aromatic N) is 1. The zero-order valence-electron chi connectivity index (χ0n) is 11.0. The molecule has 0 unspecified atom stereocenters. The second-order valence-corrected chi connectivity index (χ2v) is 4.49. The smallest absolute Gasteiger partial charge is 0.328 e. The Kier molecular flexibility index (Phi) is 6.16. The van der Waals surface area contributed by atoms with Gasteiger partial charge in [0.15, 0.2) is 0 Å². The Labute approximate surface area is 118 Å². The zero-order chi connectivity index (χ0) is 14.3.